The highest BCUT2D eigenvalue weighted by Gasteiger charge is 2.30. The number of hydrogen-bond donors (Lipinski definition) is 0. The van der Waals surface area contributed by atoms with Crippen LogP contribution in [-0.2, 0) is 4.74 Å². The topological polar surface area (TPSA) is 28.6 Å². The monoisotopic (exact) mass is 303 g/mol. The van der Waals surface area contributed by atoms with Crippen LogP contribution in [0, 0.1) is 12.8 Å². The van der Waals surface area contributed by atoms with Crippen LogP contribution in [0.25, 0.3) is 0 Å². The first-order valence-electron chi connectivity index (χ1n) is 8.56. The van der Waals surface area contributed by atoms with E-state index >= 15 is 0 Å². The minimum absolute atomic E-state index is 0.0688. The molecule has 4 heteroatoms. The number of rotatable bonds is 3. The van der Waals surface area contributed by atoms with Crippen LogP contribution >= 0.6 is 0 Å². The molecule has 2 saturated heterocycles. The van der Waals surface area contributed by atoms with Crippen LogP contribution in [0.1, 0.15) is 32.4 Å². The normalized spacial score (nSPS) is 26.1. The Labute approximate surface area is 134 Å². The highest BCUT2D eigenvalue weighted by atomic mass is 16.5. The Kier molecular flexibility index (Phi) is 4.69. The molecular formula is C18H29N3O. The summed E-state index contributed by atoms with van der Waals surface area (Å²) in [6.07, 6.45) is 4.32. The molecule has 1 aromatic heterocycles. The summed E-state index contributed by atoms with van der Waals surface area (Å²) < 4.78 is 5.84. The van der Waals surface area contributed by atoms with E-state index in [1.807, 2.05) is 6.20 Å². The number of nitrogens with zero attached hydrogens (tertiary/aromatic N) is 3. The molecular weight excluding hydrogens is 274 g/mol. The van der Waals surface area contributed by atoms with Gasteiger partial charge in [0.1, 0.15) is 0 Å². The van der Waals surface area contributed by atoms with Gasteiger partial charge in [-0.2, -0.15) is 0 Å². The Balaban J connectivity index is 1.49. The highest BCUT2D eigenvalue weighted by molar-refractivity contribution is 5.46. The molecule has 3 heterocycles. The first kappa shape index (κ1) is 15.8. The van der Waals surface area contributed by atoms with E-state index in [1.165, 1.54) is 38.2 Å². The van der Waals surface area contributed by atoms with Gasteiger partial charge >= 0.3 is 0 Å². The average Bonchev–Trinajstić information content (AvgIpc) is 2.47. The van der Waals surface area contributed by atoms with Crippen LogP contribution in [-0.4, -0.2) is 54.8 Å². The standard InChI is InChI=1S/C18H29N3O/c1-15-12-17(4-6-19-15)21-9-7-20(8-10-21)14-16-5-11-22-18(2,3)13-16/h4,6,12,16H,5,7-11,13-14H2,1-3H3. The van der Waals surface area contributed by atoms with Gasteiger partial charge in [0, 0.05) is 56.9 Å². The molecule has 2 aliphatic heterocycles. The van der Waals surface area contributed by atoms with E-state index < -0.39 is 0 Å². The Bertz CT molecular complexity index is 495. The van der Waals surface area contributed by atoms with Crippen molar-refractivity contribution in [2.75, 3.05) is 44.2 Å². The zero-order chi connectivity index (χ0) is 15.6. The lowest BCUT2D eigenvalue weighted by Gasteiger charge is -2.41. The Morgan fingerprint density at radius 2 is 2.05 bits per heavy atom. The van der Waals surface area contributed by atoms with E-state index in [4.69, 9.17) is 4.74 Å². The zero-order valence-corrected chi connectivity index (χ0v) is 14.2. The lowest BCUT2D eigenvalue weighted by atomic mass is 9.88. The fraction of sp³-hybridized carbons (Fsp3) is 0.722. The molecule has 0 amide bonds. The average molecular weight is 303 g/mol. The summed E-state index contributed by atoms with van der Waals surface area (Å²) in [6.45, 7) is 13.2. The maximum Gasteiger partial charge on any atom is 0.0629 e. The molecule has 1 unspecified atom stereocenters. The minimum atomic E-state index is 0.0688. The van der Waals surface area contributed by atoms with E-state index in [9.17, 15) is 0 Å². The number of ether oxygens (including phenoxy) is 1. The number of piperazine rings is 1. The van der Waals surface area contributed by atoms with Gasteiger partial charge in [-0.3, -0.25) is 9.88 Å². The van der Waals surface area contributed by atoms with Crippen LogP contribution in [0.2, 0.25) is 0 Å². The first-order chi connectivity index (χ1) is 10.5. The van der Waals surface area contributed by atoms with Crippen molar-refractivity contribution in [2.24, 2.45) is 5.92 Å². The molecule has 2 fully saturated rings. The molecule has 0 aromatic carbocycles. The van der Waals surface area contributed by atoms with Gasteiger partial charge in [0.05, 0.1) is 5.60 Å². The second-order valence-corrected chi connectivity index (χ2v) is 7.41. The van der Waals surface area contributed by atoms with Crippen LogP contribution < -0.4 is 4.90 Å². The molecule has 22 heavy (non-hydrogen) atoms. The predicted octanol–water partition coefficient (Wildman–Crippen LogP) is 2.72. The molecule has 1 aromatic rings. The van der Waals surface area contributed by atoms with Crippen molar-refractivity contribution in [1.82, 2.24) is 9.88 Å². The third-order valence-electron chi connectivity index (χ3n) is 4.93. The number of pyridine rings is 1. The summed E-state index contributed by atoms with van der Waals surface area (Å²) in [5.41, 5.74) is 2.49. The maximum atomic E-state index is 5.84. The van der Waals surface area contributed by atoms with E-state index in [2.05, 4.69) is 47.7 Å². The first-order valence-corrected chi connectivity index (χ1v) is 8.56. The van der Waals surface area contributed by atoms with Crippen molar-refractivity contribution in [3.8, 4) is 0 Å². The molecule has 0 saturated carbocycles. The minimum Gasteiger partial charge on any atom is -0.376 e. The Morgan fingerprint density at radius 3 is 2.73 bits per heavy atom. The van der Waals surface area contributed by atoms with Gasteiger partial charge in [0.25, 0.3) is 0 Å². The van der Waals surface area contributed by atoms with E-state index in [-0.39, 0.29) is 5.60 Å². The van der Waals surface area contributed by atoms with Gasteiger partial charge in [-0.05, 0) is 51.7 Å². The summed E-state index contributed by atoms with van der Waals surface area (Å²) >= 11 is 0. The number of anilines is 1. The Hall–Kier alpha value is -1.13. The summed E-state index contributed by atoms with van der Waals surface area (Å²) in [7, 11) is 0. The lowest BCUT2D eigenvalue weighted by Crippen LogP contribution is -2.49. The molecule has 0 aliphatic carbocycles. The summed E-state index contributed by atoms with van der Waals surface area (Å²) in [6, 6.07) is 4.32. The number of aromatic nitrogens is 1. The van der Waals surface area contributed by atoms with Crippen LogP contribution in [0.15, 0.2) is 18.3 Å². The zero-order valence-electron chi connectivity index (χ0n) is 14.2. The van der Waals surface area contributed by atoms with Crippen LogP contribution in [0.4, 0.5) is 5.69 Å². The third kappa shape index (κ3) is 3.99. The summed E-state index contributed by atoms with van der Waals surface area (Å²) in [5.74, 6) is 0.790. The van der Waals surface area contributed by atoms with Gasteiger partial charge in [-0.1, -0.05) is 0 Å². The second kappa shape index (κ2) is 6.55. The molecule has 2 aliphatic rings. The van der Waals surface area contributed by atoms with Crippen LogP contribution in [0.3, 0.4) is 0 Å². The van der Waals surface area contributed by atoms with Gasteiger partial charge in [-0.25, -0.2) is 0 Å². The molecule has 3 rings (SSSR count). The van der Waals surface area contributed by atoms with Crippen molar-refractivity contribution >= 4 is 5.69 Å². The molecule has 1 atom stereocenters. The summed E-state index contributed by atoms with van der Waals surface area (Å²) in [4.78, 5) is 9.41. The molecule has 122 valence electrons. The largest absolute Gasteiger partial charge is 0.376 e. The molecule has 0 spiro atoms. The van der Waals surface area contributed by atoms with Gasteiger partial charge in [-0.15, -0.1) is 0 Å². The number of hydrogen-bond acceptors (Lipinski definition) is 4. The van der Waals surface area contributed by atoms with Crippen molar-refractivity contribution in [3.05, 3.63) is 24.0 Å². The van der Waals surface area contributed by atoms with Crippen molar-refractivity contribution < 1.29 is 4.74 Å². The van der Waals surface area contributed by atoms with E-state index in [1.54, 1.807) is 0 Å². The fourth-order valence-electron chi connectivity index (χ4n) is 3.80. The van der Waals surface area contributed by atoms with Gasteiger partial charge in [0.15, 0.2) is 0 Å². The highest BCUT2D eigenvalue weighted by Crippen LogP contribution is 2.29. The third-order valence-corrected chi connectivity index (χ3v) is 4.93. The van der Waals surface area contributed by atoms with E-state index in [0.29, 0.717) is 0 Å². The predicted molar refractivity (Wildman–Crippen MR) is 90.4 cm³/mol. The van der Waals surface area contributed by atoms with Crippen molar-refractivity contribution in [1.29, 1.82) is 0 Å². The van der Waals surface area contributed by atoms with Crippen LogP contribution in [0.5, 0.6) is 0 Å². The van der Waals surface area contributed by atoms with Gasteiger partial charge in [0.2, 0.25) is 0 Å². The maximum absolute atomic E-state index is 5.84. The summed E-state index contributed by atoms with van der Waals surface area (Å²) in [5, 5.41) is 0. The SMILES string of the molecule is Cc1cc(N2CCN(CC3CCOC(C)(C)C3)CC2)ccn1. The number of aryl methyl sites for hydroxylation is 1. The lowest BCUT2D eigenvalue weighted by molar-refractivity contribution is -0.0769. The second-order valence-electron chi connectivity index (χ2n) is 7.41. The Morgan fingerprint density at radius 1 is 1.27 bits per heavy atom. The molecule has 0 bridgehead atoms. The molecule has 0 radical (unpaired) electrons. The smallest absolute Gasteiger partial charge is 0.0629 e. The fourth-order valence-corrected chi connectivity index (χ4v) is 3.80. The van der Waals surface area contributed by atoms with Gasteiger partial charge < -0.3 is 9.64 Å². The van der Waals surface area contributed by atoms with Crippen molar-refractivity contribution in [2.45, 2.75) is 39.2 Å². The van der Waals surface area contributed by atoms with Crippen molar-refractivity contribution in [3.63, 3.8) is 0 Å². The molecule has 0 N–H and O–H groups in total. The quantitative estimate of drug-likeness (QED) is 0.858. The van der Waals surface area contributed by atoms with E-state index in [0.717, 1.165) is 31.3 Å². The molecule has 4 nitrogen and oxygen atoms in total.